The van der Waals surface area contributed by atoms with Crippen molar-refractivity contribution in [3.63, 3.8) is 0 Å². The molecule has 0 spiro atoms. The summed E-state index contributed by atoms with van der Waals surface area (Å²) < 4.78 is 11.4. The molecule has 3 heteroatoms. The van der Waals surface area contributed by atoms with Crippen molar-refractivity contribution >= 4 is 6.16 Å². The summed E-state index contributed by atoms with van der Waals surface area (Å²) in [4.78, 5) is 12.3. The lowest BCUT2D eigenvalue weighted by molar-refractivity contribution is -0.135. The zero-order chi connectivity index (χ0) is 16.7. The monoisotopic (exact) mass is 328 g/mol. The molecule has 1 unspecified atom stereocenters. The van der Waals surface area contributed by atoms with Crippen molar-refractivity contribution in [3.05, 3.63) is 29.8 Å². The van der Waals surface area contributed by atoms with E-state index in [1.165, 1.54) is 24.8 Å². The van der Waals surface area contributed by atoms with E-state index in [0.29, 0.717) is 11.7 Å². The highest BCUT2D eigenvalue weighted by Gasteiger charge is 2.53. The summed E-state index contributed by atoms with van der Waals surface area (Å²) in [6.07, 6.45) is 7.74. The van der Waals surface area contributed by atoms with Crippen LogP contribution in [0.4, 0.5) is 4.79 Å². The summed E-state index contributed by atoms with van der Waals surface area (Å²) >= 11 is 0. The van der Waals surface area contributed by atoms with Gasteiger partial charge >= 0.3 is 6.16 Å². The summed E-state index contributed by atoms with van der Waals surface area (Å²) in [5, 5.41) is 0. The van der Waals surface area contributed by atoms with Gasteiger partial charge in [0.1, 0.15) is 11.4 Å². The minimum atomic E-state index is -0.520. The van der Waals surface area contributed by atoms with Gasteiger partial charge in [0.2, 0.25) is 0 Å². The number of carbonyl (C=O) groups is 1. The highest BCUT2D eigenvalue weighted by molar-refractivity contribution is 5.64. The van der Waals surface area contributed by atoms with Gasteiger partial charge < -0.3 is 9.47 Å². The first-order valence-electron chi connectivity index (χ1n) is 9.56. The second-order valence-electron chi connectivity index (χ2n) is 8.43. The molecule has 0 aromatic heterocycles. The molecule has 130 valence electrons. The first kappa shape index (κ1) is 16.0. The molecule has 0 heterocycles. The molecule has 1 aromatic rings. The molecule has 5 rings (SSSR count). The third-order valence-corrected chi connectivity index (χ3v) is 6.54. The van der Waals surface area contributed by atoms with Gasteiger partial charge in [-0.3, -0.25) is 0 Å². The Bertz CT molecular complexity index is 569. The molecule has 0 N–H and O–H groups in total. The van der Waals surface area contributed by atoms with Gasteiger partial charge in [-0.2, -0.15) is 0 Å². The van der Waals surface area contributed by atoms with Crippen molar-refractivity contribution in [2.24, 2.45) is 17.8 Å². The summed E-state index contributed by atoms with van der Waals surface area (Å²) in [5.41, 5.74) is 1.04. The van der Waals surface area contributed by atoms with Crippen molar-refractivity contribution in [2.75, 3.05) is 0 Å². The van der Waals surface area contributed by atoms with Crippen LogP contribution >= 0.6 is 0 Å². The van der Waals surface area contributed by atoms with Gasteiger partial charge in [0.25, 0.3) is 0 Å². The lowest BCUT2D eigenvalue weighted by Gasteiger charge is -2.55. The Morgan fingerprint density at radius 3 is 2.12 bits per heavy atom. The average molecular weight is 328 g/mol. The van der Waals surface area contributed by atoms with Crippen LogP contribution in [-0.2, 0) is 4.74 Å². The number of hydrogen-bond acceptors (Lipinski definition) is 3. The molecule has 1 atom stereocenters. The van der Waals surface area contributed by atoms with Crippen LogP contribution in [0.5, 0.6) is 5.75 Å². The Morgan fingerprint density at radius 2 is 1.62 bits per heavy atom. The zero-order valence-corrected chi connectivity index (χ0v) is 14.8. The fourth-order valence-electron chi connectivity index (χ4n) is 5.55. The molecular formula is C21H28O3. The van der Waals surface area contributed by atoms with Crippen molar-refractivity contribution in [2.45, 2.75) is 70.3 Å². The molecule has 1 aromatic carbocycles. The van der Waals surface area contributed by atoms with Crippen molar-refractivity contribution in [1.82, 2.24) is 0 Å². The van der Waals surface area contributed by atoms with Gasteiger partial charge in [-0.05, 0) is 86.3 Å². The van der Waals surface area contributed by atoms with E-state index in [4.69, 9.17) is 9.47 Å². The topological polar surface area (TPSA) is 35.5 Å². The second kappa shape index (κ2) is 6.09. The fraction of sp³-hybridized carbons (Fsp3) is 0.667. The Labute approximate surface area is 144 Å². The van der Waals surface area contributed by atoms with E-state index in [0.717, 1.165) is 43.4 Å². The molecule has 0 aliphatic heterocycles. The Balaban J connectivity index is 1.38. The molecule has 4 saturated carbocycles. The summed E-state index contributed by atoms with van der Waals surface area (Å²) in [7, 11) is 0. The standard InChI is InChI=1S/C21H28O3/c1-3-14(2)18-4-6-19(7-5-18)23-20(22)24-21-11-15-8-16(12-21)10-17(9-15)13-21/h4-7,14-17H,3,8-13H2,1-2H3. The molecule has 4 fully saturated rings. The Morgan fingerprint density at radius 1 is 1.08 bits per heavy atom. The van der Waals surface area contributed by atoms with E-state index < -0.39 is 6.16 Å². The number of rotatable bonds is 4. The Kier molecular flexibility index (Phi) is 4.06. The number of benzene rings is 1. The van der Waals surface area contributed by atoms with Crippen molar-refractivity contribution < 1.29 is 14.3 Å². The van der Waals surface area contributed by atoms with E-state index in [1.807, 2.05) is 24.3 Å². The van der Waals surface area contributed by atoms with Crippen molar-refractivity contribution in [1.29, 1.82) is 0 Å². The summed E-state index contributed by atoms with van der Waals surface area (Å²) in [6.45, 7) is 4.38. The van der Waals surface area contributed by atoms with Crippen LogP contribution < -0.4 is 4.74 Å². The van der Waals surface area contributed by atoms with Gasteiger partial charge in [0, 0.05) is 0 Å². The predicted molar refractivity (Wildman–Crippen MR) is 93.2 cm³/mol. The van der Waals surface area contributed by atoms with E-state index in [1.54, 1.807) is 0 Å². The Hall–Kier alpha value is -1.51. The van der Waals surface area contributed by atoms with Gasteiger partial charge in [-0.15, -0.1) is 0 Å². The summed E-state index contributed by atoms with van der Waals surface area (Å²) in [5.74, 6) is 3.39. The number of carbonyl (C=O) groups excluding carboxylic acids is 1. The average Bonchev–Trinajstić information content (AvgIpc) is 2.53. The first-order chi connectivity index (χ1) is 11.5. The van der Waals surface area contributed by atoms with Gasteiger partial charge in [0.05, 0.1) is 0 Å². The lowest BCUT2D eigenvalue weighted by Crippen LogP contribution is -2.53. The van der Waals surface area contributed by atoms with E-state index in [2.05, 4.69) is 13.8 Å². The van der Waals surface area contributed by atoms with Crippen LogP contribution in [0.1, 0.15) is 70.3 Å². The van der Waals surface area contributed by atoms with E-state index >= 15 is 0 Å². The lowest BCUT2D eigenvalue weighted by atomic mass is 9.54. The van der Waals surface area contributed by atoms with E-state index in [-0.39, 0.29) is 5.60 Å². The first-order valence-corrected chi connectivity index (χ1v) is 9.56. The summed E-state index contributed by atoms with van der Waals surface area (Å²) in [6, 6.07) is 7.84. The zero-order valence-electron chi connectivity index (χ0n) is 14.8. The highest BCUT2D eigenvalue weighted by atomic mass is 16.7. The molecular weight excluding hydrogens is 300 g/mol. The van der Waals surface area contributed by atoms with Crippen LogP contribution in [0.25, 0.3) is 0 Å². The number of hydrogen-bond donors (Lipinski definition) is 0. The van der Waals surface area contributed by atoms with Crippen LogP contribution in [0.2, 0.25) is 0 Å². The molecule has 4 bridgehead atoms. The van der Waals surface area contributed by atoms with Crippen LogP contribution in [0, 0.1) is 17.8 Å². The third kappa shape index (κ3) is 3.05. The van der Waals surface area contributed by atoms with E-state index in [9.17, 15) is 4.79 Å². The maximum atomic E-state index is 12.3. The predicted octanol–water partition coefficient (Wildman–Crippen LogP) is 5.68. The maximum absolute atomic E-state index is 12.3. The highest BCUT2D eigenvalue weighted by Crippen LogP contribution is 2.57. The smallest absolute Gasteiger partial charge is 0.427 e. The normalized spacial score (nSPS) is 34.8. The molecule has 4 aliphatic carbocycles. The quantitative estimate of drug-likeness (QED) is 0.526. The van der Waals surface area contributed by atoms with Gasteiger partial charge in [0.15, 0.2) is 0 Å². The van der Waals surface area contributed by atoms with Crippen molar-refractivity contribution in [3.8, 4) is 5.75 Å². The molecule has 4 aliphatic rings. The number of ether oxygens (including phenoxy) is 2. The maximum Gasteiger partial charge on any atom is 0.514 e. The van der Waals surface area contributed by atoms with Crippen LogP contribution in [-0.4, -0.2) is 11.8 Å². The SMILES string of the molecule is CCC(C)c1ccc(OC(=O)OC23CC4CC(CC(C4)C2)C3)cc1. The minimum absolute atomic E-state index is 0.234. The van der Waals surface area contributed by atoms with Crippen LogP contribution in [0.15, 0.2) is 24.3 Å². The third-order valence-electron chi connectivity index (χ3n) is 6.54. The second-order valence-corrected chi connectivity index (χ2v) is 8.43. The molecule has 0 saturated heterocycles. The molecule has 0 amide bonds. The fourth-order valence-corrected chi connectivity index (χ4v) is 5.55. The van der Waals surface area contributed by atoms with Crippen LogP contribution in [0.3, 0.4) is 0 Å². The molecule has 24 heavy (non-hydrogen) atoms. The minimum Gasteiger partial charge on any atom is -0.427 e. The van der Waals surface area contributed by atoms with Gasteiger partial charge in [-0.25, -0.2) is 4.79 Å². The van der Waals surface area contributed by atoms with Gasteiger partial charge in [-0.1, -0.05) is 26.0 Å². The molecule has 3 nitrogen and oxygen atoms in total. The largest absolute Gasteiger partial charge is 0.514 e. The molecule has 0 radical (unpaired) electrons.